The van der Waals surface area contributed by atoms with E-state index >= 15 is 0 Å². The number of nitrogens with one attached hydrogen (secondary N) is 2. The molecule has 0 unspecified atom stereocenters. The van der Waals surface area contributed by atoms with Gasteiger partial charge in [-0.15, -0.1) is 0 Å². The molecule has 2 aromatic heterocycles. The highest BCUT2D eigenvalue weighted by Gasteiger charge is 2.16. The predicted octanol–water partition coefficient (Wildman–Crippen LogP) is 9.93. The van der Waals surface area contributed by atoms with Crippen LogP contribution < -0.4 is 10.6 Å². The van der Waals surface area contributed by atoms with Crippen LogP contribution in [0.5, 0.6) is 0 Å². The topological polar surface area (TPSA) is 84.0 Å². The second-order valence-corrected chi connectivity index (χ2v) is 11.5. The highest BCUT2D eigenvalue weighted by atomic mass is 35.5. The van der Waals surface area contributed by atoms with Crippen molar-refractivity contribution >= 4 is 68.2 Å². The summed E-state index contributed by atoms with van der Waals surface area (Å²) in [5, 5.41) is 8.70. The number of aromatic nitrogens is 2. The Balaban J connectivity index is 1.13. The van der Waals surface area contributed by atoms with Gasteiger partial charge in [0.1, 0.15) is 0 Å². The lowest BCUT2D eigenvalue weighted by atomic mass is 10.0. The molecule has 5 aromatic carbocycles. The number of anilines is 2. The van der Waals surface area contributed by atoms with Gasteiger partial charge in [-0.25, -0.2) is 9.97 Å². The quantitative estimate of drug-likeness (QED) is 0.190. The molecule has 7 rings (SSSR count). The Kier molecular flexibility index (Phi) is 7.89. The van der Waals surface area contributed by atoms with E-state index in [2.05, 4.69) is 10.6 Å². The van der Waals surface area contributed by atoms with Gasteiger partial charge in [0.05, 0.1) is 33.5 Å². The maximum absolute atomic E-state index is 13.6. The number of benzene rings is 5. The van der Waals surface area contributed by atoms with Gasteiger partial charge >= 0.3 is 0 Å². The van der Waals surface area contributed by atoms with Gasteiger partial charge in [0.15, 0.2) is 0 Å². The molecule has 0 radical (unpaired) electrons. The molecule has 0 aliphatic carbocycles. The lowest BCUT2D eigenvalue weighted by Crippen LogP contribution is -2.14. The molecule has 0 spiro atoms. The highest BCUT2D eigenvalue weighted by Crippen LogP contribution is 2.29. The minimum atomic E-state index is -0.274. The van der Waals surface area contributed by atoms with Gasteiger partial charge in [0, 0.05) is 43.3 Å². The number of halogens is 2. The Morgan fingerprint density at radius 3 is 1.24 bits per heavy atom. The zero-order valence-electron chi connectivity index (χ0n) is 24.2. The maximum atomic E-state index is 13.6. The molecule has 0 aliphatic rings. The van der Waals surface area contributed by atoms with E-state index in [4.69, 9.17) is 33.2 Å². The number of pyridine rings is 2. The van der Waals surface area contributed by atoms with Gasteiger partial charge < -0.3 is 10.6 Å². The van der Waals surface area contributed by atoms with Crippen molar-refractivity contribution in [2.75, 3.05) is 10.6 Å². The van der Waals surface area contributed by atoms with Crippen molar-refractivity contribution in [1.82, 2.24) is 9.97 Å². The van der Waals surface area contributed by atoms with E-state index in [1.165, 1.54) is 0 Å². The molecule has 0 atom stereocenters. The van der Waals surface area contributed by atoms with Gasteiger partial charge in [-0.05, 0) is 72.8 Å². The fraction of sp³-hybridized carbons (Fsp3) is 0. The van der Waals surface area contributed by atoms with Crippen LogP contribution in [0.3, 0.4) is 0 Å². The molecule has 8 heteroatoms. The van der Waals surface area contributed by atoms with Crippen molar-refractivity contribution in [3.8, 4) is 22.5 Å². The Bertz CT molecular complexity index is 2090. The van der Waals surface area contributed by atoms with Crippen LogP contribution in [0, 0.1) is 0 Å². The van der Waals surface area contributed by atoms with Crippen LogP contribution in [0.15, 0.2) is 133 Å². The molecule has 222 valence electrons. The monoisotopic (exact) mass is 638 g/mol. The summed E-state index contributed by atoms with van der Waals surface area (Å²) in [6, 6.07) is 40.3. The molecular weight excluding hydrogens is 615 g/mol. The van der Waals surface area contributed by atoms with Crippen molar-refractivity contribution in [2.24, 2.45) is 0 Å². The van der Waals surface area contributed by atoms with E-state index < -0.39 is 0 Å². The van der Waals surface area contributed by atoms with Crippen molar-refractivity contribution in [3.63, 3.8) is 0 Å². The number of hydrogen-bond donors (Lipinski definition) is 2. The van der Waals surface area contributed by atoms with Gasteiger partial charge in [0.2, 0.25) is 0 Å². The van der Waals surface area contributed by atoms with Crippen LogP contribution in [0.1, 0.15) is 20.7 Å². The van der Waals surface area contributed by atoms with Gasteiger partial charge in [-0.2, -0.15) is 0 Å². The minimum absolute atomic E-state index is 0.274. The van der Waals surface area contributed by atoms with Gasteiger partial charge in [0.25, 0.3) is 11.8 Å². The van der Waals surface area contributed by atoms with Gasteiger partial charge in [-0.3, -0.25) is 9.59 Å². The normalized spacial score (nSPS) is 11.0. The largest absolute Gasteiger partial charge is 0.322 e. The number of para-hydroxylation sites is 2. The fourth-order valence-electron chi connectivity index (χ4n) is 5.30. The third-order valence-electron chi connectivity index (χ3n) is 7.60. The Morgan fingerprint density at radius 2 is 0.848 bits per heavy atom. The molecule has 46 heavy (non-hydrogen) atoms. The first-order valence-corrected chi connectivity index (χ1v) is 15.2. The molecule has 2 heterocycles. The van der Waals surface area contributed by atoms with Crippen molar-refractivity contribution in [2.45, 2.75) is 0 Å². The molecule has 0 saturated heterocycles. The van der Waals surface area contributed by atoms with Crippen LogP contribution >= 0.6 is 23.2 Å². The number of rotatable bonds is 6. The zero-order chi connectivity index (χ0) is 31.6. The summed E-state index contributed by atoms with van der Waals surface area (Å²) in [7, 11) is 0. The molecule has 0 saturated carbocycles. The second kappa shape index (κ2) is 12.4. The smallest absolute Gasteiger partial charge is 0.256 e. The van der Waals surface area contributed by atoms with E-state index in [1.54, 1.807) is 60.7 Å². The summed E-state index contributed by atoms with van der Waals surface area (Å²) < 4.78 is 0. The van der Waals surface area contributed by atoms with E-state index in [0.717, 1.165) is 21.9 Å². The summed E-state index contributed by atoms with van der Waals surface area (Å²) in [5.41, 5.74) is 6.61. The summed E-state index contributed by atoms with van der Waals surface area (Å²) >= 11 is 12.2. The third-order valence-corrected chi connectivity index (χ3v) is 8.11. The molecule has 6 nitrogen and oxygen atoms in total. The molecule has 0 bridgehead atoms. The van der Waals surface area contributed by atoms with Crippen LogP contribution in [-0.4, -0.2) is 21.8 Å². The molecule has 2 amide bonds. The van der Waals surface area contributed by atoms with Gasteiger partial charge in [-0.1, -0.05) is 83.9 Å². The maximum Gasteiger partial charge on any atom is 0.256 e. The number of amides is 2. The summed E-state index contributed by atoms with van der Waals surface area (Å²) in [5.74, 6) is -0.549. The second-order valence-electron chi connectivity index (χ2n) is 10.6. The third kappa shape index (κ3) is 6.04. The number of hydrogen-bond acceptors (Lipinski definition) is 4. The number of carbonyl (C=O) groups is 2. The summed E-state index contributed by atoms with van der Waals surface area (Å²) in [6.07, 6.45) is 0. The van der Waals surface area contributed by atoms with E-state index in [-0.39, 0.29) is 11.8 Å². The Labute approximate surface area is 274 Å². The number of carbonyl (C=O) groups excluding carboxylic acids is 2. The average Bonchev–Trinajstić information content (AvgIpc) is 3.08. The molecule has 0 fully saturated rings. The SMILES string of the molecule is O=C(Nc1ccc(NC(=O)c2cc(-c3ccc(Cl)cc3)nc3ccccc23)cc1)c1cc(-c2ccc(Cl)cc2)nc2ccccc12. The van der Waals surface area contributed by atoms with Crippen LogP contribution in [0.2, 0.25) is 10.0 Å². The summed E-state index contributed by atoms with van der Waals surface area (Å²) in [4.78, 5) is 36.6. The average molecular weight is 640 g/mol. The lowest BCUT2D eigenvalue weighted by Gasteiger charge is -2.12. The van der Waals surface area contributed by atoms with E-state index in [0.29, 0.717) is 55.0 Å². The first kappa shape index (κ1) is 29.2. The first-order chi connectivity index (χ1) is 22.4. The minimum Gasteiger partial charge on any atom is -0.322 e. The van der Waals surface area contributed by atoms with Crippen LogP contribution in [0.4, 0.5) is 11.4 Å². The number of nitrogens with zero attached hydrogens (tertiary/aromatic N) is 2. The van der Waals surface area contributed by atoms with Crippen molar-refractivity contribution in [3.05, 3.63) is 155 Å². The Hall–Kier alpha value is -5.56. The highest BCUT2D eigenvalue weighted by molar-refractivity contribution is 6.31. The van der Waals surface area contributed by atoms with Crippen LogP contribution in [-0.2, 0) is 0 Å². The molecular formula is C38H24Cl2N4O2. The van der Waals surface area contributed by atoms with Crippen molar-refractivity contribution < 1.29 is 9.59 Å². The molecule has 2 N–H and O–H groups in total. The fourth-order valence-corrected chi connectivity index (χ4v) is 5.55. The first-order valence-electron chi connectivity index (χ1n) is 14.5. The zero-order valence-corrected chi connectivity index (χ0v) is 25.7. The van der Waals surface area contributed by atoms with E-state index in [1.807, 2.05) is 72.8 Å². The van der Waals surface area contributed by atoms with Crippen LogP contribution in [0.25, 0.3) is 44.3 Å². The lowest BCUT2D eigenvalue weighted by molar-refractivity contribution is 0.102. The number of fused-ring (bicyclic) bond motifs is 2. The molecule has 0 aliphatic heterocycles. The van der Waals surface area contributed by atoms with Crippen molar-refractivity contribution in [1.29, 1.82) is 0 Å². The van der Waals surface area contributed by atoms with E-state index in [9.17, 15) is 9.59 Å². The summed E-state index contributed by atoms with van der Waals surface area (Å²) in [6.45, 7) is 0. The Morgan fingerprint density at radius 1 is 0.478 bits per heavy atom. The standard InChI is InChI=1S/C38H24Cl2N4O2/c39-25-13-9-23(10-14-25)35-21-31(29-5-1-3-7-33(29)43-35)37(45)41-27-17-19-28(20-18-27)42-38(46)32-22-36(24-11-15-26(40)16-12-24)44-34-8-4-2-6-30(32)34/h1-22H,(H,41,45)(H,42,46). The predicted molar refractivity (Wildman–Crippen MR) is 187 cm³/mol. The molecule has 7 aromatic rings.